The van der Waals surface area contributed by atoms with Gasteiger partial charge in [0, 0.05) is 23.2 Å². The number of carbonyl (C=O) groups is 1. The minimum atomic E-state index is -0.995. The molecule has 0 fully saturated rings. The number of rotatable bonds is 1. The van der Waals surface area contributed by atoms with Gasteiger partial charge in [0.05, 0.1) is 0 Å². The molecule has 0 atom stereocenters. The number of nitriles is 1. The maximum atomic E-state index is 10.6. The molecule has 7 heteroatoms. The monoisotopic (exact) mass is 399 g/mol. The van der Waals surface area contributed by atoms with Gasteiger partial charge in [0.1, 0.15) is 17.5 Å². The van der Waals surface area contributed by atoms with Gasteiger partial charge in [0.2, 0.25) is 0 Å². The first kappa shape index (κ1) is 21.8. The summed E-state index contributed by atoms with van der Waals surface area (Å²) in [6, 6.07) is 20.7. The van der Waals surface area contributed by atoms with E-state index in [4.69, 9.17) is 10.4 Å². The number of aromatic nitrogens is 2. The van der Waals surface area contributed by atoms with E-state index in [-0.39, 0.29) is 30.5 Å². The van der Waals surface area contributed by atoms with E-state index in [1.54, 1.807) is 24.5 Å². The highest BCUT2D eigenvalue weighted by Crippen LogP contribution is 2.13. The Balaban J connectivity index is 0.000000252. The number of benzene rings is 2. The van der Waals surface area contributed by atoms with Gasteiger partial charge in [-0.25, -0.2) is 14.8 Å². The zero-order chi connectivity index (χ0) is 17.6. The Kier molecular flexibility index (Phi) is 8.15. The van der Waals surface area contributed by atoms with E-state index in [9.17, 15) is 4.79 Å². The number of hydrogen-bond acceptors (Lipinski definition) is 4. The molecule has 0 radical (unpaired) electrons. The standard InChI is InChI=1S/C10H6N2.C10H7NO2.2ClH/c11-6-10-5-8-3-1-2-4-9(8)7-12-10;12-10(13)9-5-7-3-1-2-4-8(7)6-11-9;;/h1-5,7H;1-6H,(H,12,13);2*1H. The van der Waals surface area contributed by atoms with Crippen molar-refractivity contribution < 1.29 is 9.90 Å². The molecule has 2 aromatic carbocycles. The molecule has 0 aliphatic heterocycles. The largest absolute Gasteiger partial charge is 0.477 e. The summed E-state index contributed by atoms with van der Waals surface area (Å²) < 4.78 is 0. The van der Waals surface area contributed by atoms with Crippen molar-refractivity contribution in [3.05, 3.63) is 84.4 Å². The molecule has 0 bridgehead atoms. The Hall–Kier alpha value is -3.20. The van der Waals surface area contributed by atoms with Crippen molar-refractivity contribution in [2.24, 2.45) is 0 Å². The van der Waals surface area contributed by atoms with E-state index in [2.05, 4.69) is 9.97 Å². The van der Waals surface area contributed by atoms with Gasteiger partial charge in [0.25, 0.3) is 0 Å². The molecule has 27 heavy (non-hydrogen) atoms. The summed E-state index contributed by atoms with van der Waals surface area (Å²) in [5, 5.41) is 21.2. The van der Waals surface area contributed by atoms with Crippen LogP contribution in [0.1, 0.15) is 16.2 Å². The number of carboxylic acids is 1. The van der Waals surface area contributed by atoms with Crippen LogP contribution in [0.4, 0.5) is 0 Å². The summed E-state index contributed by atoms with van der Waals surface area (Å²) in [5.74, 6) is -0.995. The smallest absolute Gasteiger partial charge is 0.354 e. The topological polar surface area (TPSA) is 86.9 Å². The molecule has 5 nitrogen and oxygen atoms in total. The van der Waals surface area contributed by atoms with Crippen molar-refractivity contribution in [1.82, 2.24) is 9.97 Å². The Bertz CT molecular complexity index is 1110. The molecule has 0 saturated heterocycles. The van der Waals surface area contributed by atoms with Gasteiger partial charge >= 0.3 is 5.97 Å². The summed E-state index contributed by atoms with van der Waals surface area (Å²) in [6.07, 6.45) is 3.28. The Labute approximate surface area is 168 Å². The number of halogens is 2. The maximum Gasteiger partial charge on any atom is 0.354 e. The first-order valence-corrected chi connectivity index (χ1v) is 7.50. The Morgan fingerprint density at radius 2 is 1.30 bits per heavy atom. The summed E-state index contributed by atoms with van der Waals surface area (Å²) >= 11 is 0. The van der Waals surface area contributed by atoms with Crippen LogP contribution in [-0.2, 0) is 0 Å². The molecule has 4 aromatic rings. The molecular formula is C20H15Cl2N3O2. The first-order chi connectivity index (χ1) is 12.2. The van der Waals surface area contributed by atoms with Crippen LogP contribution in [0.5, 0.6) is 0 Å². The lowest BCUT2D eigenvalue weighted by Crippen LogP contribution is -1.98. The summed E-state index contributed by atoms with van der Waals surface area (Å²) in [6.45, 7) is 0. The van der Waals surface area contributed by atoms with E-state index in [0.29, 0.717) is 5.69 Å². The number of carboxylic acid groups (broad SMARTS) is 1. The van der Waals surface area contributed by atoms with Gasteiger partial charge in [-0.2, -0.15) is 5.26 Å². The molecule has 0 aliphatic carbocycles. The molecule has 0 amide bonds. The predicted octanol–water partition coefficient (Wildman–Crippen LogP) is 4.88. The highest BCUT2D eigenvalue weighted by Gasteiger charge is 2.03. The van der Waals surface area contributed by atoms with Crippen LogP contribution in [-0.4, -0.2) is 21.0 Å². The molecule has 0 aliphatic rings. The van der Waals surface area contributed by atoms with Crippen molar-refractivity contribution in [2.75, 3.05) is 0 Å². The average Bonchev–Trinajstić information content (AvgIpc) is 2.67. The fourth-order valence-corrected chi connectivity index (χ4v) is 2.35. The normalized spacial score (nSPS) is 9.15. The van der Waals surface area contributed by atoms with Crippen LogP contribution >= 0.6 is 24.8 Å². The molecule has 0 saturated carbocycles. The fraction of sp³-hybridized carbons (Fsp3) is 0. The van der Waals surface area contributed by atoms with Gasteiger partial charge in [-0.15, -0.1) is 24.8 Å². The molecule has 2 aromatic heterocycles. The van der Waals surface area contributed by atoms with Crippen LogP contribution in [0.3, 0.4) is 0 Å². The third-order valence-corrected chi connectivity index (χ3v) is 3.60. The summed E-state index contributed by atoms with van der Waals surface area (Å²) in [7, 11) is 0. The second-order valence-corrected chi connectivity index (χ2v) is 5.25. The lowest BCUT2D eigenvalue weighted by Gasteiger charge is -1.97. The van der Waals surface area contributed by atoms with Gasteiger partial charge in [0.15, 0.2) is 0 Å². The molecule has 0 unspecified atom stereocenters. The van der Waals surface area contributed by atoms with Gasteiger partial charge in [-0.05, 0) is 22.9 Å². The van der Waals surface area contributed by atoms with Crippen molar-refractivity contribution in [1.29, 1.82) is 5.26 Å². The van der Waals surface area contributed by atoms with Crippen LogP contribution in [0.15, 0.2) is 73.1 Å². The zero-order valence-corrected chi connectivity index (χ0v) is 15.6. The zero-order valence-electron chi connectivity index (χ0n) is 13.9. The predicted molar refractivity (Wildman–Crippen MR) is 110 cm³/mol. The van der Waals surface area contributed by atoms with Crippen LogP contribution < -0.4 is 0 Å². The maximum absolute atomic E-state index is 10.6. The molecule has 0 spiro atoms. The number of fused-ring (bicyclic) bond motifs is 2. The SMILES string of the molecule is Cl.Cl.N#Cc1cc2ccccc2cn1.O=C(O)c1cc2ccccc2cn1. The highest BCUT2D eigenvalue weighted by molar-refractivity contribution is 5.91. The van der Waals surface area contributed by atoms with E-state index in [0.717, 1.165) is 21.5 Å². The van der Waals surface area contributed by atoms with E-state index in [1.807, 2.05) is 54.6 Å². The highest BCUT2D eigenvalue weighted by atomic mass is 35.5. The van der Waals surface area contributed by atoms with Crippen molar-refractivity contribution in [3.8, 4) is 6.07 Å². The van der Waals surface area contributed by atoms with E-state index in [1.165, 1.54) is 0 Å². The molecule has 2 heterocycles. The number of pyridine rings is 2. The van der Waals surface area contributed by atoms with Crippen molar-refractivity contribution in [3.63, 3.8) is 0 Å². The third kappa shape index (κ3) is 5.38. The van der Waals surface area contributed by atoms with Crippen LogP contribution in [0.2, 0.25) is 0 Å². The van der Waals surface area contributed by atoms with Crippen LogP contribution in [0.25, 0.3) is 21.5 Å². The summed E-state index contributed by atoms with van der Waals surface area (Å²) in [4.78, 5) is 18.4. The average molecular weight is 400 g/mol. The van der Waals surface area contributed by atoms with Gasteiger partial charge in [-0.1, -0.05) is 48.5 Å². The minimum Gasteiger partial charge on any atom is -0.477 e. The Morgan fingerprint density at radius 3 is 1.81 bits per heavy atom. The van der Waals surface area contributed by atoms with Gasteiger partial charge in [-0.3, -0.25) is 0 Å². The first-order valence-electron chi connectivity index (χ1n) is 7.50. The molecule has 136 valence electrons. The van der Waals surface area contributed by atoms with Crippen LogP contribution in [0, 0.1) is 11.3 Å². The quantitative estimate of drug-likeness (QED) is 0.492. The Morgan fingerprint density at radius 1 is 0.815 bits per heavy atom. The van der Waals surface area contributed by atoms with Crippen molar-refractivity contribution in [2.45, 2.75) is 0 Å². The fourth-order valence-electron chi connectivity index (χ4n) is 2.35. The minimum absolute atomic E-state index is 0. The molecule has 4 rings (SSSR count). The second-order valence-electron chi connectivity index (χ2n) is 5.25. The van der Waals surface area contributed by atoms with Gasteiger partial charge < -0.3 is 5.11 Å². The number of nitrogens with zero attached hydrogens (tertiary/aromatic N) is 3. The molecular weight excluding hydrogens is 385 g/mol. The third-order valence-electron chi connectivity index (χ3n) is 3.60. The van der Waals surface area contributed by atoms with Crippen molar-refractivity contribution >= 4 is 52.3 Å². The molecule has 1 N–H and O–H groups in total. The summed E-state index contributed by atoms with van der Waals surface area (Å²) in [5.41, 5.74) is 0.549. The number of aromatic carboxylic acids is 1. The van der Waals surface area contributed by atoms with E-state index < -0.39 is 5.97 Å². The lowest BCUT2D eigenvalue weighted by atomic mass is 10.1. The second kappa shape index (κ2) is 10.1. The number of hydrogen-bond donors (Lipinski definition) is 1. The van der Waals surface area contributed by atoms with E-state index >= 15 is 0 Å². The lowest BCUT2D eigenvalue weighted by molar-refractivity contribution is 0.0690.